The number of rotatable bonds is 6. The zero-order valence-electron chi connectivity index (χ0n) is 10.6. The Hall–Kier alpha value is -1.00. The molecule has 0 aliphatic carbocycles. The zero-order chi connectivity index (χ0) is 12.7. The van der Waals surface area contributed by atoms with Gasteiger partial charge in [-0.25, -0.2) is 0 Å². The molecule has 0 saturated carbocycles. The summed E-state index contributed by atoms with van der Waals surface area (Å²) in [5.41, 5.74) is 1.27. The lowest BCUT2D eigenvalue weighted by Gasteiger charge is -2.10. The first kappa shape index (κ1) is 14.1. The summed E-state index contributed by atoms with van der Waals surface area (Å²) in [7, 11) is 1.67. The summed E-state index contributed by atoms with van der Waals surface area (Å²) >= 11 is 1.58. The minimum atomic E-state index is -0.0559. The van der Waals surface area contributed by atoms with Gasteiger partial charge in [0.05, 0.1) is 5.25 Å². The van der Waals surface area contributed by atoms with Gasteiger partial charge in [0.15, 0.2) is 0 Å². The highest BCUT2D eigenvalue weighted by Gasteiger charge is 2.11. The van der Waals surface area contributed by atoms with E-state index in [-0.39, 0.29) is 11.2 Å². The standard InChI is InChI=1S/C13H20N2OS/c1-4-15-9-11-5-7-12(8-6-11)17-10(2)13(16)14-3/h5-8,10,15H,4,9H2,1-3H3,(H,14,16). The highest BCUT2D eigenvalue weighted by molar-refractivity contribution is 8.00. The highest BCUT2D eigenvalue weighted by atomic mass is 32.2. The van der Waals surface area contributed by atoms with E-state index in [2.05, 4.69) is 41.8 Å². The average molecular weight is 252 g/mol. The molecule has 0 heterocycles. The second-order valence-corrected chi connectivity index (χ2v) is 5.21. The van der Waals surface area contributed by atoms with Crippen molar-refractivity contribution in [1.82, 2.24) is 10.6 Å². The largest absolute Gasteiger partial charge is 0.358 e. The van der Waals surface area contributed by atoms with Gasteiger partial charge in [0.1, 0.15) is 0 Å². The van der Waals surface area contributed by atoms with E-state index in [0.717, 1.165) is 18.0 Å². The van der Waals surface area contributed by atoms with Crippen molar-refractivity contribution in [2.24, 2.45) is 0 Å². The summed E-state index contributed by atoms with van der Waals surface area (Å²) in [4.78, 5) is 12.5. The van der Waals surface area contributed by atoms with Crippen LogP contribution in [0.3, 0.4) is 0 Å². The Morgan fingerprint density at radius 3 is 2.53 bits per heavy atom. The van der Waals surface area contributed by atoms with Gasteiger partial charge in [-0.05, 0) is 31.2 Å². The van der Waals surface area contributed by atoms with Gasteiger partial charge >= 0.3 is 0 Å². The van der Waals surface area contributed by atoms with E-state index in [0.29, 0.717) is 0 Å². The Bertz CT molecular complexity index is 351. The van der Waals surface area contributed by atoms with E-state index in [9.17, 15) is 4.79 Å². The van der Waals surface area contributed by atoms with Gasteiger partial charge in [-0.15, -0.1) is 11.8 Å². The minimum absolute atomic E-state index is 0.0559. The average Bonchev–Trinajstić information content (AvgIpc) is 2.37. The Kier molecular flexibility index (Phi) is 6.08. The molecule has 94 valence electrons. The van der Waals surface area contributed by atoms with Crippen LogP contribution in [-0.2, 0) is 11.3 Å². The second-order valence-electron chi connectivity index (χ2n) is 3.80. The van der Waals surface area contributed by atoms with Crippen LogP contribution in [0.2, 0.25) is 0 Å². The maximum absolute atomic E-state index is 11.4. The van der Waals surface area contributed by atoms with Crippen molar-refractivity contribution in [3.8, 4) is 0 Å². The lowest BCUT2D eigenvalue weighted by molar-refractivity contribution is -0.119. The van der Waals surface area contributed by atoms with Gasteiger partial charge in [0.25, 0.3) is 0 Å². The molecule has 0 bridgehead atoms. The third kappa shape index (κ3) is 4.79. The monoisotopic (exact) mass is 252 g/mol. The lowest BCUT2D eigenvalue weighted by Crippen LogP contribution is -2.27. The number of hydrogen-bond acceptors (Lipinski definition) is 3. The van der Waals surface area contributed by atoms with Crippen molar-refractivity contribution in [2.75, 3.05) is 13.6 Å². The minimum Gasteiger partial charge on any atom is -0.358 e. The molecular weight excluding hydrogens is 232 g/mol. The molecule has 1 aromatic carbocycles. The van der Waals surface area contributed by atoms with Crippen LogP contribution < -0.4 is 10.6 Å². The maximum atomic E-state index is 11.4. The van der Waals surface area contributed by atoms with Crippen molar-refractivity contribution in [3.05, 3.63) is 29.8 Å². The van der Waals surface area contributed by atoms with Gasteiger partial charge in [-0.1, -0.05) is 19.1 Å². The third-order valence-electron chi connectivity index (χ3n) is 2.43. The number of carbonyl (C=O) groups excluding carboxylic acids is 1. The van der Waals surface area contributed by atoms with E-state index in [1.165, 1.54) is 5.56 Å². The van der Waals surface area contributed by atoms with E-state index in [4.69, 9.17) is 0 Å². The summed E-state index contributed by atoms with van der Waals surface area (Å²) in [6.07, 6.45) is 0. The smallest absolute Gasteiger partial charge is 0.232 e. The summed E-state index contributed by atoms with van der Waals surface area (Å²) < 4.78 is 0. The van der Waals surface area contributed by atoms with E-state index in [1.807, 2.05) is 6.92 Å². The first-order valence-electron chi connectivity index (χ1n) is 5.85. The highest BCUT2D eigenvalue weighted by Crippen LogP contribution is 2.23. The number of thioether (sulfide) groups is 1. The molecule has 1 rings (SSSR count). The van der Waals surface area contributed by atoms with E-state index in [1.54, 1.807) is 18.8 Å². The van der Waals surface area contributed by atoms with Crippen molar-refractivity contribution < 1.29 is 4.79 Å². The predicted octanol–water partition coefficient (Wildman–Crippen LogP) is 2.02. The molecule has 1 unspecified atom stereocenters. The molecule has 2 N–H and O–H groups in total. The third-order valence-corrected chi connectivity index (χ3v) is 3.54. The van der Waals surface area contributed by atoms with Crippen LogP contribution in [-0.4, -0.2) is 24.7 Å². The first-order chi connectivity index (χ1) is 8.17. The van der Waals surface area contributed by atoms with Crippen LogP contribution in [0.25, 0.3) is 0 Å². The summed E-state index contributed by atoms with van der Waals surface area (Å²) in [5, 5.41) is 5.88. The van der Waals surface area contributed by atoms with Crippen LogP contribution in [0.1, 0.15) is 19.4 Å². The molecule has 4 heteroatoms. The zero-order valence-corrected chi connectivity index (χ0v) is 11.4. The predicted molar refractivity (Wildman–Crippen MR) is 73.2 cm³/mol. The number of nitrogens with one attached hydrogen (secondary N) is 2. The number of amides is 1. The van der Waals surface area contributed by atoms with Crippen molar-refractivity contribution in [3.63, 3.8) is 0 Å². The van der Waals surface area contributed by atoms with Crippen molar-refractivity contribution in [2.45, 2.75) is 30.5 Å². The van der Waals surface area contributed by atoms with Crippen molar-refractivity contribution in [1.29, 1.82) is 0 Å². The second kappa shape index (κ2) is 7.35. The fourth-order valence-corrected chi connectivity index (χ4v) is 2.34. The number of benzene rings is 1. The van der Waals surface area contributed by atoms with E-state index >= 15 is 0 Å². The molecule has 0 fully saturated rings. The Labute approximate surface area is 107 Å². The molecule has 3 nitrogen and oxygen atoms in total. The Morgan fingerprint density at radius 2 is 2.00 bits per heavy atom. The Morgan fingerprint density at radius 1 is 1.35 bits per heavy atom. The van der Waals surface area contributed by atoms with Crippen molar-refractivity contribution >= 4 is 17.7 Å². The molecule has 1 atom stereocenters. The van der Waals surface area contributed by atoms with Crippen LogP contribution in [0.15, 0.2) is 29.2 Å². The topological polar surface area (TPSA) is 41.1 Å². The normalized spacial score (nSPS) is 12.2. The molecule has 17 heavy (non-hydrogen) atoms. The van der Waals surface area contributed by atoms with Crippen LogP contribution in [0.4, 0.5) is 0 Å². The molecule has 0 aliphatic heterocycles. The number of hydrogen-bond donors (Lipinski definition) is 2. The van der Waals surface area contributed by atoms with Gasteiger partial charge in [-0.3, -0.25) is 4.79 Å². The van der Waals surface area contributed by atoms with Crippen LogP contribution >= 0.6 is 11.8 Å². The fraction of sp³-hybridized carbons (Fsp3) is 0.462. The molecule has 1 aromatic rings. The lowest BCUT2D eigenvalue weighted by atomic mass is 10.2. The van der Waals surface area contributed by atoms with Gasteiger partial charge in [0.2, 0.25) is 5.91 Å². The summed E-state index contributed by atoms with van der Waals surface area (Å²) in [5.74, 6) is 0.0618. The molecule has 0 saturated heterocycles. The molecule has 0 radical (unpaired) electrons. The molecule has 0 aromatic heterocycles. The SMILES string of the molecule is CCNCc1ccc(SC(C)C(=O)NC)cc1. The summed E-state index contributed by atoms with van der Waals surface area (Å²) in [6, 6.07) is 8.33. The first-order valence-corrected chi connectivity index (χ1v) is 6.73. The number of carbonyl (C=O) groups is 1. The fourth-order valence-electron chi connectivity index (χ4n) is 1.42. The maximum Gasteiger partial charge on any atom is 0.232 e. The summed E-state index contributed by atoms with van der Waals surface area (Å²) in [6.45, 7) is 5.88. The Balaban J connectivity index is 2.53. The quantitative estimate of drug-likeness (QED) is 0.761. The van der Waals surface area contributed by atoms with Gasteiger partial charge in [0, 0.05) is 18.5 Å². The van der Waals surface area contributed by atoms with Gasteiger partial charge in [-0.2, -0.15) is 0 Å². The molecule has 0 aliphatic rings. The molecule has 0 spiro atoms. The van der Waals surface area contributed by atoms with Gasteiger partial charge < -0.3 is 10.6 Å². The van der Waals surface area contributed by atoms with E-state index < -0.39 is 0 Å². The van der Waals surface area contributed by atoms with Crippen LogP contribution in [0, 0.1) is 0 Å². The molecule has 1 amide bonds. The van der Waals surface area contributed by atoms with Crippen LogP contribution in [0.5, 0.6) is 0 Å². The molecular formula is C13H20N2OS.